The summed E-state index contributed by atoms with van der Waals surface area (Å²) in [4.78, 5) is 10.7. The number of aromatic amines is 1. The van der Waals surface area contributed by atoms with Crippen LogP contribution in [0.15, 0.2) is 30.5 Å². The average molecular weight is 438 g/mol. The first kappa shape index (κ1) is 21.6. The van der Waals surface area contributed by atoms with Gasteiger partial charge in [-0.05, 0) is 72.8 Å². The molecule has 7 heteroatoms. The molecule has 4 atom stereocenters. The number of aliphatic hydroxyl groups is 1. The molecule has 1 aliphatic carbocycles. The highest BCUT2D eigenvalue weighted by atomic mass is 16.3. The van der Waals surface area contributed by atoms with Gasteiger partial charge in [-0.2, -0.15) is 0 Å². The molecule has 1 aromatic heterocycles. The molecule has 0 amide bonds. The van der Waals surface area contributed by atoms with Crippen LogP contribution in [0.2, 0.25) is 0 Å². The summed E-state index contributed by atoms with van der Waals surface area (Å²) in [5, 5.41) is 18.9. The number of fused-ring (bicyclic) bond motifs is 1. The van der Waals surface area contributed by atoms with E-state index in [4.69, 9.17) is 10.1 Å². The molecule has 5 N–H and O–H groups in total. The zero-order valence-corrected chi connectivity index (χ0v) is 18.8. The zero-order valence-electron chi connectivity index (χ0n) is 18.8. The Kier molecular flexibility index (Phi) is 6.33. The van der Waals surface area contributed by atoms with Crippen LogP contribution < -0.4 is 10.9 Å². The third kappa shape index (κ3) is 4.22. The van der Waals surface area contributed by atoms with Gasteiger partial charge in [-0.3, -0.25) is 10.3 Å². The molecule has 0 bridgehead atoms. The third-order valence-corrected chi connectivity index (χ3v) is 7.56. The van der Waals surface area contributed by atoms with Crippen LogP contribution in [0.5, 0.6) is 5.75 Å². The highest BCUT2D eigenvalue weighted by Gasteiger charge is 2.42. The Morgan fingerprint density at radius 1 is 1.22 bits per heavy atom. The Hall–Kier alpha value is -2.19. The minimum atomic E-state index is 0.202. The maximum Gasteiger partial charge on any atom is 0.125 e. The van der Waals surface area contributed by atoms with Gasteiger partial charge >= 0.3 is 0 Å². The molecule has 2 aromatic rings. The van der Waals surface area contributed by atoms with Crippen molar-refractivity contribution < 1.29 is 10.2 Å². The van der Waals surface area contributed by atoms with Crippen LogP contribution in [0.3, 0.4) is 0 Å². The monoisotopic (exact) mass is 437 g/mol. The molecule has 1 saturated heterocycles. The molecule has 7 nitrogen and oxygen atoms in total. The van der Waals surface area contributed by atoms with Crippen molar-refractivity contribution in [3.8, 4) is 5.75 Å². The normalized spacial score (nSPS) is 28.1. The molecular formula is C25H35N5O2. The van der Waals surface area contributed by atoms with Crippen molar-refractivity contribution in [2.45, 2.75) is 57.0 Å². The fourth-order valence-corrected chi connectivity index (χ4v) is 5.84. The first-order valence-corrected chi connectivity index (χ1v) is 12.1. The van der Waals surface area contributed by atoms with E-state index in [-0.39, 0.29) is 12.6 Å². The number of aryl methyl sites for hydroxylation is 1. The molecule has 0 spiro atoms. The largest absolute Gasteiger partial charge is 0.508 e. The highest BCUT2D eigenvalue weighted by Crippen LogP contribution is 2.44. The summed E-state index contributed by atoms with van der Waals surface area (Å²) in [6.45, 7) is 5.19. The van der Waals surface area contributed by atoms with E-state index in [2.05, 4.69) is 39.8 Å². The van der Waals surface area contributed by atoms with Gasteiger partial charge in [0, 0.05) is 32.3 Å². The van der Waals surface area contributed by atoms with Crippen LogP contribution in [-0.4, -0.2) is 57.4 Å². The number of aromatic hydroxyl groups is 1. The van der Waals surface area contributed by atoms with Crippen LogP contribution >= 0.6 is 0 Å². The molecule has 3 aliphatic rings. The van der Waals surface area contributed by atoms with E-state index in [1.165, 1.54) is 16.7 Å². The number of imidazole rings is 1. The minimum Gasteiger partial charge on any atom is -0.508 e. The predicted molar refractivity (Wildman–Crippen MR) is 125 cm³/mol. The lowest BCUT2D eigenvalue weighted by Gasteiger charge is -2.33. The van der Waals surface area contributed by atoms with E-state index in [0.717, 1.165) is 63.3 Å². The van der Waals surface area contributed by atoms with E-state index >= 15 is 0 Å². The molecule has 0 radical (unpaired) electrons. The minimum absolute atomic E-state index is 0.202. The summed E-state index contributed by atoms with van der Waals surface area (Å²) >= 11 is 0. The van der Waals surface area contributed by atoms with Crippen molar-refractivity contribution in [2.24, 2.45) is 5.92 Å². The van der Waals surface area contributed by atoms with Crippen LogP contribution in [0.1, 0.15) is 67.2 Å². The number of aromatic nitrogens is 2. The summed E-state index contributed by atoms with van der Waals surface area (Å²) < 4.78 is 0. The van der Waals surface area contributed by atoms with E-state index in [1.54, 1.807) is 0 Å². The van der Waals surface area contributed by atoms with Crippen LogP contribution in [0.4, 0.5) is 0 Å². The van der Waals surface area contributed by atoms with Crippen molar-refractivity contribution in [3.63, 3.8) is 0 Å². The second-order valence-corrected chi connectivity index (χ2v) is 9.51. The molecule has 3 heterocycles. The van der Waals surface area contributed by atoms with Crippen molar-refractivity contribution in [3.05, 3.63) is 53.1 Å². The smallest absolute Gasteiger partial charge is 0.125 e. The number of phenols is 1. The summed E-state index contributed by atoms with van der Waals surface area (Å²) in [5.41, 5.74) is 12.2. The fraction of sp³-hybridized carbons (Fsp3) is 0.560. The van der Waals surface area contributed by atoms with E-state index < -0.39 is 0 Å². The summed E-state index contributed by atoms with van der Waals surface area (Å²) in [7, 11) is 0. The molecular weight excluding hydrogens is 402 g/mol. The number of phenolic OH excluding ortho intramolecular Hbond substituents is 1. The molecule has 32 heavy (non-hydrogen) atoms. The number of H-pyrrole nitrogens is 1. The number of benzene rings is 1. The Morgan fingerprint density at radius 3 is 2.97 bits per heavy atom. The molecule has 2 aliphatic heterocycles. The van der Waals surface area contributed by atoms with Gasteiger partial charge in [-0.15, -0.1) is 0 Å². The average Bonchev–Trinajstić information content (AvgIpc) is 3.56. The SMILES string of the molecule is CCc1cc(O)ccc1C1CCC2C(C1)NNC2c1ncc(C2=CCN(CCCO)C2)[nH]1. The van der Waals surface area contributed by atoms with Crippen molar-refractivity contribution in [1.29, 1.82) is 0 Å². The van der Waals surface area contributed by atoms with Gasteiger partial charge in [0.05, 0.1) is 17.9 Å². The van der Waals surface area contributed by atoms with Crippen molar-refractivity contribution in [1.82, 2.24) is 25.7 Å². The zero-order chi connectivity index (χ0) is 22.1. The van der Waals surface area contributed by atoms with Gasteiger partial charge < -0.3 is 15.2 Å². The van der Waals surface area contributed by atoms with Gasteiger partial charge in [0.1, 0.15) is 11.6 Å². The van der Waals surface area contributed by atoms with Crippen LogP contribution in [0.25, 0.3) is 5.57 Å². The number of hydrazine groups is 1. The van der Waals surface area contributed by atoms with Crippen LogP contribution in [-0.2, 0) is 6.42 Å². The molecule has 172 valence electrons. The molecule has 1 saturated carbocycles. The first-order chi connectivity index (χ1) is 15.7. The van der Waals surface area contributed by atoms with E-state index in [0.29, 0.717) is 23.6 Å². The predicted octanol–water partition coefficient (Wildman–Crippen LogP) is 2.86. The number of nitrogens with zero attached hydrogens (tertiary/aromatic N) is 2. The third-order valence-electron chi connectivity index (χ3n) is 7.56. The second-order valence-electron chi connectivity index (χ2n) is 9.51. The standard InChI is InChI=1S/C25H35N5O2/c1-2-16-12-19(32)5-7-20(16)17-4-6-21-22(13-17)28-29-24(21)25-26-14-23(27-25)18-8-10-30(15-18)9-3-11-31/h5,7-8,12,14,17,21-22,24,28-29,31-32H,2-4,6,9-11,13,15H2,1H3,(H,26,27). The Labute approximate surface area is 189 Å². The van der Waals surface area contributed by atoms with Crippen LogP contribution in [0, 0.1) is 5.92 Å². The number of rotatable bonds is 7. The van der Waals surface area contributed by atoms with Gasteiger partial charge in [-0.25, -0.2) is 10.4 Å². The number of hydrogen-bond acceptors (Lipinski definition) is 6. The lowest BCUT2D eigenvalue weighted by atomic mass is 9.73. The summed E-state index contributed by atoms with van der Waals surface area (Å²) in [6.07, 6.45) is 9.43. The van der Waals surface area contributed by atoms with Crippen molar-refractivity contribution in [2.75, 3.05) is 26.2 Å². The van der Waals surface area contributed by atoms with E-state index in [1.807, 2.05) is 18.3 Å². The number of hydrogen-bond donors (Lipinski definition) is 5. The van der Waals surface area contributed by atoms with Gasteiger partial charge in [0.25, 0.3) is 0 Å². The lowest BCUT2D eigenvalue weighted by molar-refractivity contribution is 0.252. The second kappa shape index (κ2) is 9.35. The topological polar surface area (TPSA) is 96.4 Å². The Morgan fingerprint density at radius 2 is 2.12 bits per heavy atom. The van der Waals surface area contributed by atoms with Gasteiger partial charge in [0.15, 0.2) is 0 Å². The quantitative estimate of drug-likeness (QED) is 0.457. The number of nitrogens with one attached hydrogen (secondary N) is 3. The number of aliphatic hydroxyl groups excluding tert-OH is 1. The van der Waals surface area contributed by atoms with Crippen molar-refractivity contribution >= 4 is 5.57 Å². The lowest BCUT2D eigenvalue weighted by Crippen LogP contribution is -2.35. The highest BCUT2D eigenvalue weighted by molar-refractivity contribution is 5.66. The molecule has 4 unspecified atom stereocenters. The van der Waals surface area contributed by atoms with E-state index in [9.17, 15) is 5.11 Å². The fourth-order valence-electron chi connectivity index (χ4n) is 5.84. The molecule has 1 aromatic carbocycles. The molecule has 5 rings (SSSR count). The maximum absolute atomic E-state index is 9.86. The Bertz CT molecular complexity index is 971. The maximum atomic E-state index is 9.86. The first-order valence-electron chi connectivity index (χ1n) is 12.1. The molecule has 2 fully saturated rings. The summed E-state index contributed by atoms with van der Waals surface area (Å²) in [6, 6.07) is 6.50. The van der Waals surface area contributed by atoms with Gasteiger partial charge in [-0.1, -0.05) is 19.1 Å². The summed E-state index contributed by atoms with van der Waals surface area (Å²) in [5.74, 6) is 2.43. The Balaban J connectivity index is 1.24. The van der Waals surface area contributed by atoms with Gasteiger partial charge in [0.2, 0.25) is 0 Å².